The fraction of sp³-hybridized carbons (Fsp3) is 0.333. The van der Waals surface area contributed by atoms with Crippen molar-refractivity contribution in [1.29, 1.82) is 0 Å². The number of carbonyl (C=O) groups excluding carboxylic acids is 3. The highest BCUT2D eigenvalue weighted by Gasteiger charge is 2.55. The summed E-state index contributed by atoms with van der Waals surface area (Å²) in [5.41, 5.74) is 3.94. The molecule has 3 aliphatic heterocycles. The molecule has 0 aromatic heterocycles. The third-order valence-electron chi connectivity index (χ3n) is 9.04. The van der Waals surface area contributed by atoms with Crippen LogP contribution in [0, 0.1) is 11.7 Å². The maximum absolute atomic E-state index is 14.2. The second kappa shape index (κ2) is 13.0. The van der Waals surface area contributed by atoms with Gasteiger partial charge >= 0.3 is 0 Å². The molecule has 4 aliphatic rings. The summed E-state index contributed by atoms with van der Waals surface area (Å²) in [6, 6.07) is 18.2. The highest BCUT2D eigenvalue weighted by molar-refractivity contribution is 6.25. The number of fused-ring (bicyclic) bond motifs is 2. The number of nitrogens with zero attached hydrogens (tertiary/aromatic N) is 6. The van der Waals surface area contributed by atoms with Crippen molar-refractivity contribution in [2.75, 3.05) is 24.7 Å². The number of rotatable bonds is 9. The number of imide groups is 1. The van der Waals surface area contributed by atoms with Gasteiger partial charge in [-0.1, -0.05) is 35.6 Å². The molecule has 0 N–H and O–H groups in total. The highest BCUT2D eigenvalue weighted by atomic mass is 19.1. The van der Waals surface area contributed by atoms with Crippen molar-refractivity contribution in [2.24, 2.45) is 21.4 Å². The maximum Gasteiger partial charge on any atom is 0.264 e. The Morgan fingerprint density at radius 1 is 0.938 bits per heavy atom. The number of carbonyl (C=O) groups is 3. The molecule has 0 bridgehead atoms. The summed E-state index contributed by atoms with van der Waals surface area (Å²) in [4.78, 5) is 41.8. The van der Waals surface area contributed by atoms with E-state index in [0.717, 1.165) is 64.1 Å². The summed E-state index contributed by atoms with van der Waals surface area (Å²) >= 11 is 0. The first-order chi connectivity index (χ1) is 23.4. The topological polar surface area (TPSA) is 116 Å². The molecule has 0 radical (unpaired) electrons. The lowest BCUT2D eigenvalue weighted by molar-refractivity contribution is -0.136. The first-order valence-corrected chi connectivity index (χ1v) is 16.2. The number of anilines is 1. The van der Waals surface area contributed by atoms with Gasteiger partial charge in [0.05, 0.1) is 30.7 Å². The molecule has 2 fully saturated rings. The molecule has 0 spiro atoms. The second-order valence-corrected chi connectivity index (χ2v) is 12.0. The summed E-state index contributed by atoms with van der Waals surface area (Å²) in [7, 11) is 0. The van der Waals surface area contributed by atoms with Gasteiger partial charge in [-0.05, 0) is 98.4 Å². The Morgan fingerprint density at radius 2 is 1.65 bits per heavy atom. The minimum atomic E-state index is -1.12. The lowest BCUT2D eigenvalue weighted by atomic mass is 9.77. The summed E-state index contributed by atoms with van der Waals surface area (Å²) in [5.74, 6) is -0.717. The van der Waals surface area contributed by atoms with Gasteiger partial charge in [0.1, 0.15) is 23.9 Å². The molecule has 4 atom stereocenters. The van der Waals surface area contributed by atoms with E-state index in [4.69, 9.17) is 14.6 Å². The van der Waals surface area contributed by atoms with Crippen LogP contribution >= 0.6 is 0 Å². The first kappa shape index (κ1) is 31.2. The maximum atomic E-state index is 14.2. The molecule has 12 heteroatoms. The van der Waals surface area contributed by atoms with E-state index in [1.165, 1.54) is 28.2 Å². The van der Waals surface area contributed by atoms with E-state index < -0.39 is 35.8 Å². The lowest BCUT2D eigenvalue weighted by Crippen LogP contribution is -2.45. The van der Waals surface area contributed by atoms with Crippen LogP contribution < -0.4 is 14.4 Å². The minimum absolute atomic E-state index is 0.0549. The molecule has 3 aromatic rings. The average Bonchev–Trinajstić information content (AvgIpc) is 3.75. The van der Waals surface area contributed by atoms with E-state index >= 15 is 0 Å². The SMILES string of the molecule is CCOc1ccc(/C=C2\CCC[C@@H]3C2=NN(C(=O)CN2N=N[C@@H]4C(=O)N(c5cccc(F)c5)C(=O)[C@@H]42)[C@H]3c2ccc(OCC)cc2)cc1. The van der Waals surface area contributed by atoms with Crippen molar-refractivity contribution in [1.82, 2.24) is 10.0 Å². The van der Waals surface area contributed by atoms with Crippen LogP contribution in [0.3, 0.4) is 0 Å². The smallest absolute Gasteiger partial charge is 0.264 e. The molecule has 0 unspecified atom stereocenters. The van der Waals surface area contributed by atoms with Crippen molar-refractivity contribution in [3.63, 3.8) is 0 Å². The standard InChI is InChI=1S/C36H35FN6O5/c1-3-47-27-15-11-22(12-16-27)19-24-7-5-10-29-31(24)39-43(33(29)23-13-17-28(18-14-23)48-4-2)30(44)21-41-34-32(38-40-41)35(45)42(36(34)46)26-9-6-8-25(37)20-26/h6,8-9,11-20,29,32-34H,3-5,7,10,21H2,1-2H3/b24-19+/t29-,32+,33+,34-/m1/s1. The van der Waals surface area contributed by atoms with E-state index in [2.05, 4.69) is 16.4 Å². The highest BCUT2D eigenvalue weighted by Crippen LogP contribution is 2.45. The average molecular weight is 651 g/mol. The van der Waals surface area contributed by atoms with Crippen LogP contribution in [0.4, 0.5) is 10.1 Å². The Balaban J connectivity index is 1.18. The molecule has 246 valence electrons. The largest absolute Gasteiger partial charge is 0.494 e. The third kappa shape index (κ3) is 5.71. The van der Waals surface area contributed by atoms with Crippen molar-refractivity contribution < 1.29 is 28.2 Å². The summed E-state index contributed by atoms with van der Waals surface area (Å²) in [5, 5.41) is 15.8. The summed E-state index contributed by atoms with van der Waals surface area (Å²) in [6.07, 6.45) is 4.70. The van der Waals surface area contributed by atoms with E-state index in [9.17, 15) is 18.8 Å². The second-order valence-electron chi connectivity index (χ2n) is 12.0. The van der Waals surface area contributed by atoms with Crippen LogP contribution in [-0.4, -0.2) is 65.3 Å². The zero-order valence-electron chi connectivity index (χ0n) is 26.7. The van der Waals surface area contributed by atoms with Gasteiger partial charge < -0.3 is 9.47 Å². The van der Waals surface area contributed by atoms with Crippen LogP contribution in [0.25, 0.3) is 6.08 Å². The fourth-order valence-electron chi connectivity index (χ4n) is 6.93. The number of amides is 3. The molecular formula is C36H35FN6O5. The number of allylic oxidation sites excluding steroid dienone is 1. The van der Waals surface area contributed by atoms with E-state index in [1.54, 1.807) is 0 Å². The van der Waals surface area contributed by atoms with Gasteiger partial charge in [0.2, 0.25) is 0 Å². The number of hydrazone groups is 1. The van der Waals surface area contributed by atoms with Crippen molar-refractivity contribution in [3.05, 3.63) is 95.3 Å². The number of halogens is 1. The molecule has 48 heavy (non-hydrogen) atoms. The predicted molar refractivity (Wildman–Crippen MR) is 176 cm³/mol. The first-order valence-electron chi connectivity index (χ1n) is 16.2. The van der Waals surface area contributed by atoms with Crippen LogP contribution in [0.2, 0.25) is 0 Å². The van der Waals surface area contributed by atoms with E-state index in [0.29, 0.717) is 13.2 Å². The lowest BCUT2D eigenvalue weighted by Gasteiger charge is -2.30. The zero-order chi connectivity index (χ0) is 33.4. The van der Waals surface area contributed by atoms with Crippen molar-refractivity contribution in [3.8, 4) is 11.5 Å². The fourth-order valence-corrected chi connectivity index (χ4v) is 6.93. The van der Waals surface area contributed by atoms with Gasteiger partial charge in [0, 0.05) is 5.92 Å². The molecule has 1 aliphatic carbocycles. The van der Waals surface area contributed by atoms with E-state index in [1.807, 2.05) is 62.4 Å². The van der Waals surface area contributed by atoms with Gasteiger partial charge in [0.25, 0.3) is 17.7 Å². The minimum Gasteiger partial charge on any atom is -0.494 e. The monoisotopic (exact) mass is 650 g/mol. The Kier molecular flexibility index (Phi) is 8.47. The number of hydrogen-bond acceptors (Lipinski definition) is 9. The van der Waals surface area contributed by atoms with Gasteiger partial charge in [-0.2, -0.15) is 10.2 Å². The molecule has 3 amide bonds. The zero-order valence-corrected chi connectivity index (χ0v) is 26.7. The van der Waals surface area contributed by atoms with Gasteiger partial charge in [-0.25, -0.2) is 14.3 Å². The molecule has 11 nitrogen and oxygen atoms in total. The van der Waals surface area contributed by atoms with E-state index in [-0.39, 0.29) is 24.1 Å². The van der Waals surface area contributed by atoms with Gasteiger partial charge in [0.15, 0.2) is 12.1 Å². The Bertz CT molecular complexity index is 1820. The molecular weight excluding hydrogens is 615 g/mol. The molecule has 7 rings (SSSR count). The van der Waals surface area contributed by atoms with Crippen molar-refractivity contribution >= 4 is 35.2 Å². The quantitative estimate of drug-likeness (QED) is 0.273. The summed E-state index contributed by atoms with van der Waals surface area (Å²) < 4.78 is 25.2. The number of hydrogen-bond donors (Lipinski definition) is 0. The number of benzene rings is 3. The predicted octanol–water partition coefficient (Wildman–Crippen LogP) is 5.74. The molecule has 3 heterocycles. The normalized spacial score (nSPS) is 23.9. The Hall–Kier alpha value is -5.39. The number of ether oxygens (including phenoxy) is 2. The molecule has 1 saturated carbocycles. The Morgan fingerprint density at radius 3 is 2.33 bits per heavy atom. The molecule has 1 saturated heterocycles. The van der Waals surface area contributed by atoms with Crippen molar-refractivity contribution in [2.45, 2.75) is 51.2 Å². The van der Waals surface area contributed by atoms with Gasteiger partial charge in [-0.3, -0.25) is 19.4 Å². The van der Waals surface area contributed by atoms with Gasteiger partial charge in [-0.15, -0.1) is 0 Å². The van der Waals surface area contributed by atoms with Crippen LogP contribution in [0.5, 0.6) is 11.5 Å². The summed E-state index contributed by atoms with van der Waals surface area (Å²) in [6.45, 7) is 4.67. The van der Waals surface area contributed by atoms with Crippen LogP contribution in [0.1, 0.15) is 50.3 Å². The van der Waals surface area contributed by atoms with Crippen LogP contribution in [0.15, 0.2) is 93.8 Å². The van der Waals surface area contributed by atoms with Crippen LogP contribution in [-0.2, 0) is 14.4 Å². The molecule has 3 aromatic carbocycles. The Labute approximate surface area is 277 Å². The third-order valence-corrected chi connectivity index (χ3v) is 9.04.